The molecule has 3 aromatic heterocycles. The third-order valence-corrected chi connectivity index (χ3v) is 6.69. The summed E-state index contributed by atoms with van der Waals surface area (Å²) >= 11 is 1.53. The van der Waals surface area contributed by atoms with E-state index in [-0.39, 0.29) is 6.15 Å². The molecule has 0 spiro atoms. The summed E-state index contributed by atoms with van der Waals surface area (Å²) in [5.41, 5.74) is 15.2. The van der Waals surface area contributed by atoms with E-state index in [4.69, 9.17) is 20.3 Å². The zero-order valence-electron chi connectivity index (χ0n) is 16.9. The molecule has 0 aliphatic heterocycles. The third kappa shape index (κ3) is 3.17. The van der Waals surface area contributed by atoms with E-state index >= 15 is 0 Å². The van der Waals surface area contributed by atoms with Gasteiger partial charge < -0.3 is 5.73 Å². The normalized spacial score (nSPS) is 13.1. The molecule has 31 heavy (non-hydrogen) atoms. The number of pyridine rings is 1. The number of aryl methyl sites for hydroxylation is 2. The predicted molar refractivity (Wildman–Crippen MR) is 121 cm³/mol. The fraction of sp³-hybridized carbons (Fsp3) is 0.217. The minimum Gasteiger partial charge on any atom is -0.375 e. The molecule has 0 saturated heterocycles. The number of benzene rings is 2. The Hall–Kier alpha value is -3.61. The zero-order chi connectivity index (χ0) is 21.5. The Balaban J connectivity index is 0.000000646. The molecule has 7 nitrogen and oxygen atoms in total. The van der Waals surface area contributed by atoms with E-state index in [0.29, 0.717) is 5.13 Å². The number of nitrogens with one attached hydrogen (secondary N) is 1. The Bertz CT molecular complexity index is 1490. The highest BCUT2D eigenvalue weighted by atomic mass is 32.1. The first-order valence-corrected chi connectivity index (χ1v) is 10.9. The van der Waals surface area contributed by atoms with Crippen LogP contribution in [0.25, 0.3) is 43.3 Å². The zero-order valence-corrected chi connectivity index (χ0v) is 17.7. The van der Waals surface area contributed by atoms with Crippen LogP contribution in [0.3, 0.4) is 0 Å². The lowest BCUT2D eigenvalue weighted by Crippen LogP contribution is -2.08. The topological polar surface area (TPSA) is 115 Å². The van der Waals surface area contributed by atoms with Gasteiger partial charge in [-0.3, -0.25) is 5.10 Å². The van der Waals surface area contributed by atoms with Crippen LogP contribution >= 0.6 is 11.3 Å². The molecule has 6 rings (SSSR count). The maximum absolute atomic E-state index is 8.12. The summed E-state index contributed by atoms with van der Waals surface area (Å²) in [6.07, 6.45) is 4.86. The summed E-state index contributed by atoms with van der Waals surface area (Å²) in [5.74, 6) is 0. The Kier molecular flexibility index (Phi) is 4.73. The quantitative estimate of drug-likeness (QED) is 0.403. The van der Waals surface area contributed by atoms with Crippen molar-refractivity contribution in [2.24, 2.45) is 0 Å². The van der Waals surface area contributed by atoms with Gasteiger partial charge in [-0.25, -0.2) is 9.97 Å². The molecule has 1 aliphatic carbocycles. The van der Waals surface area contributed by atoms with E-state index in [1.54, 1.807) is 0 Å². The molecule has 3 N–H and O–H groups in total. The van der Waals surface area contributed by atoms with Gasteiger partial charge >= 0.3 is 6.15 Å². The first-order valence-electron chi connectivity index (χ1n) is 10.1. The number of aromatic amines is 1. The lowest BCUT2D eigenvalue weighted by atomic mass is 9.85. The van der Waals surface area contributed by atoms with E-state index in [1.807, 2.05) is 0 Å². The fourth-order valence-corrected chi connectivity index (χ4v) is 5.38. The molecule has 0 atom stereocenters. The lowest BCUT2D eigenvalue weighted by molar-refractivity contribution is -0.191. The number of nitrogens with zero attached hydrogens (tertiary/aromatic N) is 3. The standard InChI is InChI=1S/C22H19N5S.CO2/c1-11-19-17(27-26-11)9-8-16-20(19)13-4-2-3-5-14(13)21(24-16)12-6-7-15-18(10-12)28-22(23)25-15;2-1-3/h6-10H,2-5H2,1H3,(H2,23,25)(H,26,27);. The van der Waals surface area contributed by atoms with Crippen LogP contribution in [0.1, 0.15) is 29.7 Å². The average molecular weight is 430 g/mol. The summed E-state index contributed by atoms with van der Waals surface area (Å²) in [6.45, 7) is 2.10. The van der Waals surface area contributed by atoms with Crippen LogP contribution in [0.5, 0.6) is 0 Å². The minimum atomic E-state index is 0.250. The van der Waals surface area contributed by atoms with Crippen LogP contribution in [0.15, 0.2) is 30.3 Å². The maximum atomic E-state index is 8.12. The number of anilines is 1. The number of rotatable bonds is 1. The van der Waals surface area contributed by atoms with Crippen molar-refractivity contribution in [1.82, 2.24) is 20.2 Å². The molecular weight excluding hydrogens is 410 g/mol. The Morgan fingerprint density at radius 3 is 2.48 bits per heavy atom. The molecule has 8 heteroatoms. The van der Waals surface area contributed by atoms with Crippen LogP contribution in [0.4, 0.5) is 5.13 Å². The van der Waals surface area contributed by atoms with E-state index in [0.717, 1.165) is 51.0 Å². The van der Waals surface area contributed by atoms with Crippen LogP contribution in [-0.2, 0) is 22.4 Å². The van der Waals surface area contributed by atoms with Crippen molar-refractivity contribution < 1.29 is 9.59 Å². The van der Waals surface area contributed by atoms with Gasteiger partial charge in [0.1, 0.15) is 0 Å². The van der Waals surface area contributed by atoms with Crippen molar-refractivity contribution in [3.05, 3.63) is 47.2 Å². The van der Waals surface area contributed by atoms with Crippen molar-refractivity contribution >= 4 is 54.6 Å². The predicted octanol–water partition coefficient (Wildman–Crippen LogP) is 4.57. The van der Waals surface area contributed by atoms with Crippen LogP contribution in [0.2, 0.25) is 0 Å². The van der Waals surface area contributed by atoms with Crippen molar-refractivity contribution in [3.63, 3.8) is 0 Å². The molecule has 0 saturated carbocycles. The molecule has 2 aromatic carbocycles. The largest absolute Gasteiger partial charge is 0.375 e. The summed E-state index contributed by atoms with van der Waals surface area (Å²) in [4.78, 5) is 25.8. The molecule has 0 unspecified atom stereocenters. The molecule has 154 valence electrons. The third-order valence-electron chi connectivity index (χ3n) is 5.85. The summed E-state index contributed by atoms with van der Waals surface area (Å²) in [6, 6.07) is 10.6. The molecule has 1 aliphatic rings. The minimum absolute atomic E-state index is 0.250. The van der Waals surface area contributed by atoms with Crippen LogP contribution in [0, 0.1) is 6.92 Å². The van der Waals surface area contributed by atoms with Crippen LogP contribution in [-0.4, -0.2) is 26.3 Å². The number of carbonyl (C=O) groups excluding carboxylic acids is 2. The number of fused-ring (bicyclic) bond motifs is 6. The average Bonchev–Trinajstić information content (AvgIpc) is 3.34. The van der Waals surface area contributed by atoms with Gasteiger partial charge in [0.2, 0.25) is 0 Å². The number of thiazole rings is 1. The number of nitrogens with two attached hydrogens (primary N) is 1. The number of H-pyrrole nitrogens is 1. The SMILES string of the molecule is Cc1[nH]nc2ccc3nc(-c4ccc5nc(N)sc5c4)c4c(c3c12)CCCC4.O=C=O. The Morgan fingerprint density at radius 1 is 0.968 bits per heavy atom. The van der Waals surface area contributed by atoms with E-state index in [1.165, 1.54) is 46.1 Å². The van der Waals surface area contributed by atoms with E-state index in [2.05, 4.69) is 52.4 Å². The van der Waals surface area contributed by atoms with Gasteiger partial charge in [0, 0.05) is 22.0 Å². The second-order valence-corrected chi connectivity index (χ2v) is 8.71. The summed E-state index contributed by atoms with van der Waals surface area (Å²) in [7, 11) is 0. The van der Waals surface area contributed by atoms with Crippen molar-refractivity contribution in [1.29, 1.82) is 0 Å². The van der Waals surface area contributed by atoms with Gasteiger partial charge in [0.05, 0.1) is 26.9 Å². The second kappa shape index (κ2) is 7.58. The fourth-order valence-electron chi connectivity index (χ4n) is 4.61. The molecule has 3 heterocycles. The molecule has 0 bridgehead atoms. The smallest absolute Gasteiger partial charge is 0.373 e. The summed E-state index contributed by atoms with van der Waals surface area (Å²) in [5, 5.41) is 10.7. The van der Waals surface area contributed by atoms with Gasteiger partial charge in [0.25, 0.3) is 0 Å². The number of aromatic nitrogens is 4. The van der Waals surface area contributed by atoms with Gasteiger partial charge in [-0.1, -0.05) is 17.4 Å². The first kappa shape index (κ1) is 19.4. The van der Waals surface area contributed by atoms with E-state index < -0.39 is 0 Å². The van der Waals surface area contributed by atoms with Crippen molar-refractivity contribution in [2.45, 2.75) is 32.6 Å². The monoisotopic (exact) mass is 429 g/mol. The lowest BCUT2D eigenvalue weighted by Gasteiger charge is -2.22. The molecule has 0 amide bonds. The molecule has 0 fully saturated rings. The molecule has 0 radical (unpaired) electrons. The van der Waals surface area contributed by atoms with Gasteiger partial charge in [-0.2, -0.15) is 14.7 Å². The van der Waals surface area contributed by atoms with Gasteiger partial charge in [-0.05, 0) is 68.0 Å². The van der Waals surface area contributed by atoms with Gasteiger partial charge in [0.15, 0.2) is 5.13 Å². The van der Waals surface area contributed by atoms with Crippen molar-refractivity contribution in [2.75, 3.05) is 5.73 Å². The molecular formula is C23H19N5O2S. The highest BCUT2D eigenvalue weighted by Crippen LogP contribution is 2.39. The number of hydrogen-bond donors (Lipinski definition) is 2. The van der Waals surface area contributed by atoms with Crippen molar-refractivity contribution in [3.8, 4) is 11.3 Å². The second-order valence-electron chi connectivity index (χ2n) is 7.64. The highest BCUT2D eigenvalue weighted by Gasteiger charge is 2.22. The highest BCUT2D eigenvalue weighted by molar-refractivity contribution is 7.22. The maximum Gasteiger partial charge on any atom is 0.373 e. The molecule has 5 aromatic rings. The van der Waals surface area contributed by atoms with Crippen LogP contribution < -0.4 is 5.73 Å². The number of nitrogen functional groups attached to an aromatic ring is 1. The summed E-state index contributed by atoms with van der Waals surface area (Å²) < 4.78 is 1.11. The Morgan fingerprint density at radius 2 is 1.68 bits per heavy atom. The number of hydrogen-bond acceptors (Lipinski definition) is 7. The van der Waals surface area contributed by atoms with Gasteiger partial charge in [-0.15, -0.1) is 0 Å². The first-order chi connectivity index (χ1) is 15.1. The Labute approximate surface area is 181 Å². The van der Waals surface area contributed by atoms with E-state index in [9.17, 15) is 0 Å².